The molecule has 0 aliphatic carbocycles. The summed E-state index contributed by atoms with van der Waals surface area (Å²) in [5, 5.41) is 11.2. The van der Waals surface area contributed by atoms with Gasteiger partial charge in [-0.2, -0.15) is 0 Å². The van der Waals surface area contributed by atoms with Crippen molar-refractivity contribution >= 4 is 17.4 Å². The minimum absolute atomic E-state index is 0.0999. The van der Waals surface area contributed by atoms with Gasteiger partial charge in [-0.15, -0.1) is 0 Å². The maximum Gasteiger partial charge on any atom is 0.295 e. The highest BCUT2D eigenvalue weighted by molar-refractivity contribution is 6.46. The molecule has 0 bridgehead atoms. The van der Waals surface area contributed by atoms with Crippen molar-refractivity contribution in [3.05, 3.63) is 107 Å². The van der Waals surface area contributed by atoms with Gasteiger partial charge in [0.25, 0.3) is 11.7 Å². The van der Waals surface area contributed by atoms with E-state index in [9.17, 15) is 14.7 Å². The Bertz CT molecular complexity index is 1140. The summed E-state index contributed by atoms with van der Waals surface area (Å²) in [6, 6.07) is 25.4. The SMILES string of the molecule is CCOc1cccc(C(O)=C2C(=O)C(=O)N(CCc3ccccc3)C2c2ccccc2)c1. The monoisotopic (exact) mass is 427 g/mol. The molecule has 3 aromatic carbocycles. The molecule has 1 aliphatic heterocycles. The first kappa shape index (κ1) is 21.4. The van der Waals surface area contributed by atoms with E-state index in [1.54, 1.807) is 29.2 Å². The number of likely N-dealkylation sites (tertiary alicyclic amines) is 1. The minimum Gasteiger partial charge on any atom is -0.507 e. The van der Waals surface area contributed by atoms with Crippen LogP contribution in [0.25, 0.3) is 5.76 Å². The van der Waals surface area contributed by atoms with Gasteiger partial charge < -0.3 is 14.7 Å². The number of amides is 1. The van der Waals surface area contributed by atoms with E-state index in [1.165, 1.54) is 0 Å². The number of ether oxygens (including phenoxy) is 1. The van der Waals surface area contributed by atoms with Gasteiger partial charge in [-0.3, -0.25) is 9.59 Å². The Kier molecular flexibility index (Phi) is 6.36. The lowest BCUT2D eigenvalue weighted by Gasteiger charge is -2.25. The van der Waals surface area contributed by atoms with Gasteiger partial charge in [-0.25, -0.2) is 0 Å². The molecule has 1 amide bonds. The lowest BCUT2D eigenvalue weighted by Crippen LogP contribution is -2.31. The summed E-state index contributed by atoms with van der Waals surface area (Å²) in [5.41, 5.74) is 2.40. The zero-order chi connectivity index (χ0) is 22.5. The number of benzene rings is 3. The standard InChI is InChI=1S/C27H25NO4/c1-2-32-22-15-9-14-21(18-22)25(29)23-24(20-12-7-4-8-13-20)28(27(31)26(23)30)17-16-19-10-5-3-6-11-19/h3-15,18,24,29H,2,16-17H2,1H3. The van der Waals surface area contributed by atoms with E-state index in [0.29, 0.717) is 30.9 Å². The van der Waals surface area contributed by atoms with Gasteiger partial charge in [0.1, 0.15) is 11.5 Å². The average Bonchev–Trinajstić information content (AvgIpc) is 3.09. The first-order valence-corrected chi connectivity index (χ1v) is 10.7. The van der Waals surface area contributed by atoms with E-state index in [0.717, 1.165) is 11.1 Å². The van der Waals surface area contributed by atoms with Crippen LogP contribution in [-0.2, 0) is 16.0 Å². The largest absolute Gasteiger partial charge is 0.507 e. The Morgan fingerprint density at radius 2 is 1.62 bits per heavy atom. The van der Waals surface area contributed by atoms with Gasteiger partial charge in [-0.1, -0.05) is 72.8 Å². The maximum absolute atomic E-state index is 13.1. The molecule has 3 aromatic rings. The number of carbonyl (C=O) groups is 2. The summed E-state index contributed by atoms with van der Waals surface area (Å²) in [4.78, 5) is 27.7. The maximum atomic E-state index is 13.1. The molecule has 1 aliphatic rings. The predicted octanol–water partition coefficient (Wildman–Crippen LogP) is 4.75. The van der Waals surface area contributed by atoms with Gasteiger partial charge in [0.05, 0.1) is 18.2 Å². The molecular formula is C27H25NO4. The van der Waals surface area contributed by atoms with Crippen molar-refractivity contribution in [3.8, 4) is 5.75 Å². The molecule has 0 aromatic heterocycles. The minimum atomic E-state index is -0.675. The number of rotatable bonds is 7. The Labute approximate surface area is 187 Å². The Morgan fingerprint density at radius 3 is 2.31 bits per heavy atom. The van der Waals surface area contributed by atoms with Crippen molar-refractivity contribution in [2.45, 2.75) is 19.4 Å². The van der Waals surface area contributed by atoms with Crippen LogP contribution in [0, 0.1) is 0 Å². The second-order valence-corrected chi connectivity index (χ2v) is 7.60. The normalized spacial score (nSPS) is 17.5. The highest BCUT2D eigenvalue weighted by Gasteiger charge is 2.45. The van der Waals surface area contributed by atoms with Crippen LogP contribution in [0.5, 0.6) is 5.75 Å². The van der Waals surface area contributed by atoms with Crippen LogP contribution in [0.2, 0.25) is 0 Å². The fourth-order valence-electron chi connectivity index (χ4n) is 4.04. The lowest BCUT2D eigenvalue weighted by atomic mass is 9.95. The third-order valence-corrected chi connectivity index (χ3v) is 5.56. The molecule has 162 valence electrons. The van der Waals surface area contributed by atoms with Gasteiger partial charge in [-0.05, 0) is 36.6 Å². The molecule has 32 heavy (non-hydrogen) atoms. The summed E-state index contributed by atoms with van der Waals surface area (Å²) in [5.74, 6) is -0.879. The van der Waals surface area contributed by atoms with Crippen molar-refractivity contribution in [1.29, 1.82) is 0 Å². The third-order valence-electron chi connectivity index (χ3n) is 5.56. The van der Waals surface area contributed by atoms with E-state index in [2.05, 4.69) is 0 Å². The van der Waals surface area contributed by atoms with Gasteiger partial charge in [0.2, 0.25) is 0 Å². The van der Waals surface area contributed by atoms with Crippen LogP contribution in [0.1, 0.15) is 29.7 Å². The first-order valence-electron chi connectivity index (χ1n) is 10.7. The van der Waals surface area contributed by atoms with E-state index < -0.39 is 17.7 Å². The molecule has 1 N–H and O–H groups in total. The highest BCUT2D eigenvalue weighted by atomic mass is 16.5. The number of ketones is 1. The van der Waals surface area contributed by atoms with Crippen LogP contribution in [0.15, 0.2) is 90.5 Å². The number of carbonyl (C=O) groups excluding carboxylic acids is 2. The first-order chi connectivity index (χ1) is 15.6. The number of aliphatic hydroxyl groups is 1. The van der Waals surface area contributed by atoms with Gasteiger partial charge in [0.15, 0.2) is 0 Å². The lowest BCUT2D eigenvalue weighted by molar-refractivity contribution is -0.139. The zero-order valence-corrected chi connectivity index (χ0v) is 17.9. The fraction of sp³-hybridized carbons (Fsp3) is 0.185. The highest BCUT2D eigenvalue weighted by Crippen LogP contribution is 2.39. The number of nitrogens with zero attached hydrogens (tertiary/aromatic N) is 1. The molecular weight excluding hydrogens is 402 g/mol. The summed E-state index contributed by atoms with van der Waals surface area (Å²) >= 11 is 0. The van der Waals surface area contributed by atoms with Crippen molar-refractivity contribution in [1.82, 2.24) is 4.90 Å². The van der Waals surface area contributed by atoms with E-state index in [-0.39, 0.29) is 11.3 Å². The molecule has 1 saturated heterocycles. The smallest absolute Gasteiger partial charge is 0.295 e. The molecule has 5 heteroatoms. The van der Waals surface area contributed by atoms with Gasteiger partial charge >= 0.3 is 0 Å². The van der Waals surface area contributed by atoms with Crippen LogP contribution in [0.3, 0.4) is 0 Å². The summed E-state index contributed by atoms with van der Waals surface area (Å²) in [7, 11) is 0. The van der Waals surface area contributed by atoms with E-state index in [1.807, 2.05) is 67.6 Å². The molecule has 1 unspecified atom stereocenters. The Balaban J connectivity index is 1.76. The predicted molar refractivity (Wildman–Crippen MR) is 123 cm³/mol. The molecule has 0 radical (unpaired) electrons. The number of hydrogen-bond donors (Lipinski definition) is 1. The number of hydrogen-bond acceptors (Lipinski definition) is 4. The number of aliphatic hydroxyl groups excluding tert-OH is 1. The molecule has 0 saturated carbocycles. The van der Waals surface area contributed by atoms with Crippen molar-refractivity contribution in [2.75, 3.05) is 13.2 Å². The van der Waals surface area contributed by atoms with E-state index >= 15 is 0 Å². The van der Waals surface area contributed by atoms with Crippen LogP contribution in [0.4, 0.5) is 0 Å². The van der Waals surface area contributed by atoms with Crippen molar-refractivity contribution in [3.63, 3.8) is 0 Å². The average molecular weight is 428 g/mol. The fourth-order valence-corrected chi connectivity index (χ4v) is 4.04. The molecule has 5 nitrogen and oxygen atoms in total. The quantitative estimate of drug-likeness (QED) is 0.336. The molecule has 1 heterocycles. The van der Waals surface area contributed by atoms with Crippen molar-refractivity contribution < 1.29 is 19.4 Å². The summed E-state index contributed by atoms with van der Waals surface area (Å²) in [6.07, 6.45) is 0.608. The van der Waals surface area contributed by atoms with E-state index in [4.69, 9.17) is 4.74 Å². The van der Waals surface area contributed by atoms with Crippen LogP contribution in [-0.4, -0.2) is 34.8 Å². The molecule has 4 rings (SSSR count). The second-order valence-electron chi connectivity index (χ2n) is 7.60. The third kappa shape index (κ3) is 4.28. The molecule has 0 spiro atoms. The summed E-state index contributed by atoms with van der Waals surface area (Å²) in [6.45, 7) is 2.72. The summed E-state index contributed by atoms with van der Waals surface area (Å²) < 4.78 is 5.53. The molecule has 1 fully saturated rings. The Hall–Kier alpha value is -3.86. The number of Topliss-reactive ketones (excluding diaryl/α,β-unsaturated/α-hetero) is 1. The van der Waals surface area contributed by atoms with Gasteiger partial charge in [0, 0.05) is 12.1 Å². The molecule has 1 atom stereocenters. The van der Waals surface area contributed by atoms with Crippen molar-refractivity contribution in [2.24, 2.45) is 0 Å². The second kappa shape index (κ2) is 9.52. The van der Waals surface area contributed by atoms with Crippen LogP contribution < -0.4 is 4.74 Å². The Morgan fingerprint density at radius 1 is 0.938 bits per heavy atom. The van der Waals surface area contributed by atoms with Crippen LogP contribution >= 0.6 is 0 Å². The topological polar surface area (TPSA) is 66.8 Å². The zero-order valence-electron chi connectivity index (χ0n) is 17.9.